The molecule has 0 aliphatic carbocycles. The lowest BCUT2D eigenvalue weighted by atomic mass is 10.2. The Hall–Kier alpha value is -0.230. The van der Waals surface area contributed by atoms with Gasteiger partial charge in [-0.15, -0.1) is 0 Å². The topological polar surface area (TPSA) is 0 Å². The van der Waals surface area contributed by atoms with E-state index in [-0.39, 0.29) is 0 Å². The highest BCUT2D eigenvalue weighted by atomic mass is 35.5. The maximum Gasteiger partial charge on any atom is 0.0176 e. The summed E-state index contributed by atoms with van der Waals surface area (Å²) in [6.07, 6.45) is 6.11. The fourth-order valence-electron chi connectivity index (χ4n) is 0.534. The van der Waals surface area contributed by atoms with E-state index in [1.165, 1.54) is 5.57 Å². The molecule has 0 rings (SSSR count). The van der Waals surface area contributed by atoms with Crippen molar-refractivity contribution in [3.8, 4) is 0 Å². The smallest absolute Gasteiger partial charge is 0.0176 e. The summed E-state index contributed by atoms with van der Waals surface area (Å²) in [5.41, 5.74) is 1.40. The first-order valence-corrected chi connectivity index (χ1v) is 4.04. The highest BCUT2D eigenvalue weighted by Crippen LogP contribution is 2.10. The molecule has 0 bridgehead atoms. The normalized spacial score (nSPS) is 14.0. The number of hydrogen-bond donors (Lipinski definition) is 0. The zero-order valence-corrected chi connectivity index (χ0v) is 7.70. The molecule has 0 aromatic heterocycles. The van der Waals surface area contributed by atoms with Crippen molar-refractivity contribution in [3.63, 3.8) is 0 Å². The zero-order valence-electron chi connectivity index (χ0n) is 6.95. The maximum atomic E-state index is 5.78. The minimum absolute atomic E-state index is 0.887. The van der Waals surface area contributed by atoms with Gasteiger partial charge in [0.15, 0.2) is 0 Å². The summed E-state index contributed by atoms with van der Waals surface area (Å²) < 4.78 is 0. The Balaban J connectivity index is 3.72. The summed E-state index contributed by atoms with van der Waals surface area (Å²) in [4.78, 5) is 0. The van der Waals surface area contributed by atoms with E-state index in [1.54, 1.807) is 0 Å². The zero-order chi connectivity index (χ0) is 7.98. The monoisotopic (exact) mass is 158 g/mol. The fourth-order valence-corrected chi connectivity index (χ4v) is 0.611. The van der Waals surface area contributed by atoms with Crippen molar-refractivity contribution in [2.45, 2.75) is 33.6 Å². The molecule has 0 fully saturated rings. The Kier molecular flexibility index (Phi) is 5.42. The van der Waals surface area contributed by atoms with Crippen LogP contribution in [0, 0.1) is 0 Å². The minimum Gasteiger partial charge on any atom is -0.0892 e. The van der Waals surface area contributed by atoms with Gasteiger partial charge in [-0.1, -0.05) is 36.2 Å². The first-order valence-electron chi connectivity index (χ1n) is 3.67. The van der Waals surface area contributed by atoms with Crippen LogP contribution in [0.2, 0.25) is 0 Å². The van der Waals surface area contributed by atoms with Crippen LogP contribution in [-0.4, -0.2) is 0 Å². The lowest BCUT2D eigenvalue weighted by molar-refractivity contribution is 1.07. The largest absolute Gasteiger partial charge is 0.0892 e. The van der Waals surface area contributed by atoms with Crippen molar-refractivity contribution >= 4 is 11.6 Å². The summed E-state index contributed by atoms with van der Waals surface area (Å²) >= 11 is 5.78. The lowest BCUT2D eigenvalue weighted by Crippen LogP contribution is -1.72. The third-order valence-corrected chi connectivity index (χ3v) is 1.89. The van der Waals surface area contributed by atoms with Crippen molar-refractivity contribution < 1.29 is 0 Å². The lowest BCUT2D eigenvalue weighted by Gasteiger charge is -1.94. The molecule has 0 amide bonds. The molecule has 0 aliphatic heterocycles. The van der Waals surface area contributed by atoms with Gasteiger partial charge in [-0.3, -0.25) is 0 Å². The maximum absolute atomic E-state index is 5.78. The quantitative estimate of drug-likeness (QED) is 0.547. The van der Waals surface area contributed by atoms with Crippen LogP contribution in [0.25, 0.3) is 0 Å². The first kappa shape index (κ1) is 9.77. The van der Waals surface area contributed by atoms with Gasteiger partial charge >= 0.3 is 0 Å². The average molecular weight is 159 g/mol. The van der Waals surface area contributed by atoms with Crippen molar-refractivity contribution in [2.75, 3.05) is 0 Å². The summed E-state index contributed by atoms with van der Waals surface area (Å²) in [5.74, 6) is 0. The van der Waals surface area contributed by atoms with Crippen LogP contribution in [0.3, 0.4) is 0 Å². The highest BCUT2D eigenvalue weighted by molar-refractivity contribution is 6.29. The van der Waals surface area contributed by atoms with Gasteiger partial charge in [0.1, 0.15) is 0 Å². The van der Waals surface area contributed by atoms with Gasteiger partial charge in [0.05, 0.1) is 0 Å². The molecule has 0 radical (unpaired) electrons. The van der Waals surface area contributed by atoms with E-state index in [9.17, 15) is 0 Å². The second kappa shape index (κ2) is 5.55. The van der Waals surface area contributed by atoms with Gasteiger partial charge in [0, 0.05) is 11.5 Å². The molecule has 0 heterocycles. The molecule has 10 heavy (non-hydrogen) atoms. The van der Waals surface area contributed by atoms with E-state index < -0.39 is 0 Å². The predicted molar refractivity (Wildman–Crippen MR) is 48.3 cm³/mol. The second-order valence-corrected chi connectivity index (χ2v) is 2.83. The van der Waals surface area contributed by atoms with Gasteiger partial charge in [0.25, 0.3) is 0 Å². The van der Waals surface area contributed by atoms with Crippen LogP contribution in [-0.2, 0) is 0 Å². The van der Waals surface area contributed by atoms with E-state index in [1.807, 2.05) is 13.0 Å². The number of halogens is 1. The third-order valence-electron chi connectivity index (χ3n) is 1.52. The van der Waals surface area contributed by atoms with Crippen molar-refractivity contribution in [2.24, 2.45) is 0 Å². The molecule has 0 unspecified atom stereocenters. The van der Waals surface area contributed by atoms with Gasteiger partial charge in [0.2, 0.25) is 0 Å². The number of allylic oxidation sites excluding steroid dienone is 4. The molecule has 0 spiro atoms. The van der Waals surface area contributed by atoms with Gasteiger partial charge in [-0.05, 0) is 20.3 Å². The van der Waals surface area contributed by atoms with Gasteiger partial charge in [-0.2, -0.15) is 0 Å². The second-order valence-electron chi connectivity index (χ2n) is 2.34. The van der Waals surface area contributed by atoms with Crippen LogP contribution in [0.1, 0.15) is 33.6 Å². The molecule has 0 nitrogen and oxygen atoms in total. The highest BCUT2D eigenvalue weighted by Gasteiger charge is 1.86. The standard InChI is InChI=1S/C9H15Cl/c1-4-8(3)6-7-9(10)5-2/h5-6H,4,7H2,1-3H3/b8-6+,9-5+. The summed E-state index contributed by atoms with van der Waals surface area (Å²) in [6, 6.07) is 0. The van der Waals surface area contributed by atoms with Crippen LogP contribution >= 0.6 is 11.6 Å². The molecule has 1 heteroatoms. The average Bonchev–Trinajstić information content (AvgIpc) is 1.99. The first-order chi connectivity index (χ1) is 4.70. The van der Waals surface area contributed by atoms with Crippen molar-refractivity contribution in [3.05, 3.63) is 22.8 Å². The van der Waals surface area contributed by atoms with Gasteiger partial charge in [-0.25, -0.2) is 0 Å². The van der Waals surface area contributed by atoms with E-state index in [0.717, 1.165) is 17.9 Å². The van der Waals surface area contributed by atoms with E-state index in [2.05, 4.69) is 19.9 Å². The van der Waals surface area contributed by atoms with E-state index >= 15 is 0 Å². The predicted octanol–water partition coefficient (Wildman–Crippen LogP) is 3.88. The Morgan fingerprint density at radius 1 is 1.50 bits per heavy atom. The van der Waals surface area contributed by atoms with E-state index in [4.69, 9.17) is 11.6 Å². The van der Waals surface area contributed by atoms with Crippen LogP contribution in [0.4, 0.5) is 0 Å². The molecule has 0 aromatic rings. The van der Waals surface area contributed by atoms with Crippen LogP contribution in [0.15, 0.2) is 22.8 Å². The molecule has 0 aromatic carbocycles. The number of hydrogen-bond acceptors (Lipinski definition) is 0. The Morgan fingerprint density at radius 3 is 2.50 bits per heavy atom. The fraction of sp³-hybridized carbons (Fsp3) is 0.556. The Morgan fingerprint density at radius 2 is 2.10 bits per heavy atom. The molecular formula is C9H15Cl. The van der Waals surface area contributed by atoms with Gasteiger partial charge < -0.3 is 0 Å². The molecular weight excluding hydrogens is 144 g/mol. The molecule has 0 atom stereocenters. The Labute approximate surface area is 68.6 Å². The summed E-state index contributed by atoms with van der Waals surface area (Å²) in [7, 11) is 0. The summed E-state index contributed by atoms with van der Waals surface area (Å²) in [6.45, 7) is 6.23. The van der Waals surface area contributed by atoms with E-state index in [0.29, 0.717) is 0 Å². The minimum atomic E-state index is 0.887. The molecule has 0 aliphatic rings. The summed E-state index contributed by atoms with van der Waals surface area (Å²) in [5, 5.41) is 0.924. The van der Waals surface area contributed by atoms with Crippen molar-refractivity contribution in [1.82, 2.24) is 0 Å². The van der Waals surface area contributed by atoms with Crippen LogP contribution < -0.4 is 0 Å². The molecule has 0 N–H and O–H groups in total. The van der Waals surface area contributed by atoms with Crippen molar-refractivity contribution in [1.29, 1.82) is 0 Å². The molecule has 58 valence electrons. The number of rotatable bonds is 3. The third kappa shape index (κ3) is 4.63. The Bertz CT molecular complexity index is 143. The molecule has 0 saturated heterocycles. The van der Waals surface area contributed by atoms with Crippen LogP contribution in [0.5, 0.6) is 0 Å². The SMILES string of the molecule is C/C=C(/Cl)C/C=C(\C)CC. The molecule has 0 saturated carbocycles.